The maximum absolute atomic E-state index is 12.0. The minimum atomic E-state index is -1.10. The van der Waals surface area contributed by atoms with Crippen molar-refractivity contribution in [2.24, 2.45) is 5.92 Å². The molecule has 0 aliphatic rings. The molecule has 2 rings (SSSR count). The molecule has 0 aliphatic heterocycles. The van der Waals surface area contributed by atoms with Crippen molar-refractivity contribution in [1.82, 2.24) is 24.9 Å². The molecule has 0 aromatic carbocycles. The fraction of sp³-hybridized carbons (Fsp3) is 0.364. The van der Waals surface area contributed by atoms with Gasteiger partial charge in [-0.05, 0) is 21.8 Å². The zero-order valence-corrected chi connectivity index (χ0v) is 12.3. The average molecular weight is 342 g/mol. The van der Waals surface area contributed by atoms with E-state index in [1.165, 1.54) is 10.7 Å². The van der Waals surface area contributed by atoms with Crippen LogP contribution in [0.4, 0.5) is 0 Å². The summed E-state index contributed by atoms with van der Waals surface area (Å²) in [5.41, 5.74) is 0. The number of rotatable bonds is 4. The predicted octanol–water partition coefficient (Wildman–Crippen LogP) is 0.726. The number of carbonyl (C=O) groups is 2. The van der Waals surface area contributed by atoms with Crippen molar-refractivity contribution in [2.45, 2.75) is 19.9 Å². The molecule has 2 aromatic rings. The highest BCUT2D eigenvalue weighted by atomic mass is 79.9. The van der Waals surface area contributed by atoms with Crippen LogP contribution in [-0.2, 0) is 4.79 Å². The van der Waals surface area contributed by atoms with Gasteiger partial charge in [0.15, 0.2) is 0 Å². The third-order valence-electron chi connectivity index (χ3n) is 2.58. The number of fused-ring (bicyclic) bond motifs is 1. The van der Waals surface area contributed by atoms with Crippen LogP contribution in [0.3, 0.4) is 0 Å². The molecule has 2 aromatic heterocycles. The Labute approximate surface area is 122 Å². The number of aromatic nitrogens is 4. The first kappa shape index (κ1) is 14.4. The first-order valence-corrected chi connectivity index (χ1v) is 6.59. The Morgan fingerprint density at radius 1 is 1.45 bits per heavy atom. The van der Waals surface area contributed by atoms with Crippen molar-refractivity contribution in [1.29, 1.82) is 0 Å². The van der Waals surface area contributed by atoms with E-state index in [2.05, 4.69) is 36.3 Å². The lowest BCUT2D eigenvalue weighted by Crippen LogP contribution is -2.44. The number of halogens is 1. The standard InChI is InChI=1S/C11H12BrN5O3/c1-5(2)7(10(19)20)14-9(18)8-15-11-13-3-6(12)4-17(11)16-8/h3-5,7H,1-2H3,(H,14,18)(H,19,20)/t7-/m1/s1. The van der Waals surface area contributed by atoms with Crippen LogP contribution in [0.25, 0.3) is 5.78 Å². The van der Waals surface area contributed by atoms with E-state index >= 15 is 0 Å². The highest BCUT2D eigenvalue weighted by molar-refractivity contribution is 9.10. The van der Waals surface area contributed by atoms with Crippen molar-refractivity contribution >= 4 is 33.6 Å². The number of carbonyl (C=O) groups excluding carboxylic acids is 1. The van der Waals surface area contributed by atoms with Gasteiger partial charge in [-0.3, -0.25) is 4.79 Å². The molecule has 9 heteroatoms. The van der Waals surface area contributed by atoms with E-state index < -0.39 is 17.9 Å². The van der Waals surface area contributed by atoms with Crippen molar-refractivity contribution in [3.8, 4) is 0 Å². The van der Waals surface area contributed by atoms with E-state index in [1.807, 2.05) is 0 Å². The predicted molar refractivity (Wildman–Crippen MR) is 72.2 cm³/mol. The number of nitrogens with one attached hydrogen (secondary N) is 1. The first-order chi connectivity index (χ1) is 9.38. The number of hydrogen-bond donors (Lipinski definition) is 2. The Morgan fingerprint density at radius 3 is 2.75 bits per heavy atom. The monoisotopic (exact) mass is 341 g/mol. The summed E-state index contributed by atoms with van der Waals surface area (Å²) in [6, 6.07) is -0.992. The van der Waals surface area contributed by atoms with Crippen LogP contribution in [0.2, 0.25) is 0 Å². The van der Waals surface area contributed by atoms with Gasteiger partial charge in [-0.2, -0.15) is 4.98 Å². The van der Waals surface area contributed by atoms with E-state index in [4.69, 9.17) is 5.11 Å². The Morgan fingerprint density at radius 2 is 2.15 bits per heavy atom. The van der Waals surface area contributed by atoms with Crippen LogP contribution in [0.5, 0.6) is 0 Å². The van der Waals surface area contributed by atoms with Gasteiger partial charge in [0.1, 0.15) is 6.04 Å². The summed E-state index contributed by atoms with van der Waals surface area (Å²) in [7, 11) is 0. The van der Waals surface area contributed by atoms with Crippen molar-refractivity contribution < 1.29 is 14.7 Å². The van der Waals surface area contributed by atoms with Crippen molar-refractivity contribution in [3.63, 3.8) is 0 Å². The molecule has 20 heavy (non-hydrogen) atoms. The fourth-order valence-corrected chi connectivity index (χ4v) is 1.87. The van der Waals surface area contributed by atoms with Gasteiger partial charge in [0.05, 0.1) is 4.47 Å². The number of aliphatic carboxylic acids is 1. The van der Waals surface area contributed by atoms with E-state index in [9.17, 15) is 9.59 Å². The minimum Gasteiger partial charge on any atom is -0.480 e. The zero-order chi connectivity index (χ0) is 14.9. The molecule has 2 N–H and O–H groups in total. The van der Waals surface area contributed by atoms with Crippen LogP contribution in [-0.4, -0.2) is 42.6 Å². The molecule has 0 bridgehead atoms. The number of nitrogens with zero attached hydrogens (tertiary/aromatic N) is 4. The molecule has 0 fully saturated rings. The Balaban J connectivity index is 2.25. The molecule has 0 aliphatic carbocycles. The molecular formula is C11H12BrN5O3. The SMILES string of the molecule is CC(C)[C@@H](NC(=O)c1nc2ncc(Br)cn2n1)C(=O)O. The van der Waals surface area contributed by atoms with Gasteiger partial charge in [0, 0.05) is 12.4 Å². The van der Waals surface area contributed by atoms with E-state index in [-0.39, 0.29) is 17.5 Å². The van der Waals surface area contributed by atoms with Crippen LogP contribution < -0.4 is 5.32 Å². The van der Waals surface area contributed by atoms with Crippen LogP contribution in [0.15, 0.2) is 16.9 Å². The van der Waals surface area contributed by atoms with Crippen molar-refractivity contribution in [3.05, 3.63) is 22.7 Å². The van der Waals surface area contributed by atoms with Gasteiger partial charge in [0.25, 0.3) is 11.7 Å². The number of hydrogen-bond acceptors (Lipinski definition) is 5. The van der Waals surface area contributed by atoms with Gasteiger partial charge in [0.2, 0.25) is 5.82 Å². The third kappa shape index (κ3) is 2.93. The van der Waals surface area contributed by atoms with Gasteiger partial charge < -0.3 is 10.4 Å². The zero-order valence-electron chi connectivity index (χ0n) is 10.7. The second kappa shape index (κ2) is 5.53. The number of amides is 1. The summed E-state index contributed by atoms with van der Waals surface area (Å²) in [5.74, 6) is -1.86. The van der Waals surface area contributed by atoms with Crippen LogP contribution in [0.1, 0.15) is 24.5 Å². The topological polar surface area (TPSA) is 109 Å². The first-order valence-electron chi connectivity index (χ1n) is 5.80. The molecule has 2 heterocycles. The minimum absolute atomic E-state index is 0.123. The molecule has 0 saturated heterocycles. The van der Waals surface area contributed by atoms with Gasteiger partial charge >= 0.3 is 5.97 Å². The second-order valence-electron chi connectivity index (χ2n) is 4.49. The van der Waals surface area contributed by atoms with Gasteiger partial charge in [-0.1, -0.05) is 13.8 Å². The highest BCUT2D eigenvalue weighted by Crippen LogP contribution is 2.08. The van der Waals surface area contributed by atoms with Crippen molar-refractivity contribution in [2.75, 3.05) is 0 Å². The lowest BCUT2D eigenvalue weighted by atomic mass is 10.1. The molecule has 0 unspecified atom stereocenters. The molecule has 8 nitrogen and oxygen atoms in total. The third-order valence-corrected chi connectivity index (χ3v) is 2.99. The molecule has 1 amide bonds. The summed E-state index contributed by atoms with van der Waals surface area (Å²) in [4.78, 5) is 30.9. The lowest BCUT2D eigenvalue weighted by molar-refractivity contribution is -0.140. The van der Waals surface area contributed by atoms with E-state index in [0.29, 0.717) is 4.47 Å². The Bertz CT molecular complexity index is 669. The Kier molecular flexibility index (Phi) is 3.98. The van der Waals surface area contributed by atoms with Gasteiger partial charge in [-0.25, -0.2) is 14.3 Å². The largest absolute Gasteiger partial charge is 0.480 e. The molecular weight excluding hydrogens is 330 g/mol. The molecule has 0 saturated carbocycles. The Hall–Kier alpha value is -2.03. The summed E-state index contributed by atoms with van der Waals surface area (Å²) in [6.45, 7) is 3.41. The van der Waals surface area contributed by atoms with Crippen LogP contribution in [0, 0.1) is 5.92 Å². The lowest BCUT2D eigenvalue weighted by Gasteiger charge is -2.16. The number of carboxylic acid groups (broad SMARTS) is 1. The summed E-state index contributed by atoms with van der Waals surface area (Å²) in [5, 5.41) is 15.4. The quantitative estimate of drug-likeness (QED) is 0.848. The molecule has 0 radical (unpaired) electrons. The average Bonchev–Trinajstić information content (AvgIpc) is 2.77. The maximum Gasteiger partial charge on any atom is 0.326 e. The normalized spacial score (nSPS) is 12.6. The van der Waals surface area contributed by atoms with Gasteiger partial charge in [-0.15, -0.1) is 5.10 Å². The summed E-state index contributed by atoms with van der Waals surface area (Å²) < 4.78 is 2.02. The molecule has 106 valence electrons. The highest BCUT2D eigenvalue weighted by Gasteiger charge is 2.25. The maximum atomic E-state index is 12.0. The number of carboxylic acids is 1. The van der Waals surface area contributed by atoms with E-state index in [1.54, 1.807) is 20.0 Å². The van der Waals surface area contributed by atoms with Crippen LogP contribution >= 0.6 is 15.9 Å². The smallest absolute Gasteiger partial charge is 0.326 e. The summed E-state index contributed by atoms with van der Waals surface area (Å²) >= 11 is 3.23. The fourth-order valence-electron chi connectivity index (χ4n) is 1.57. The second-order valence-corrected chi connectivity index (χ2v) is 5.40. The van der Waals surface area contributed by atoms with E-state index in [0.717, 1.165) is 0 Å². The summed E-state index contributed by atoms with van der Waals surface area (Å²) in [6.07, 6.45) is 3.13. The molecule has 0 spiro atoms. The molecule has 1 atom stereocenters.